The molecule has 2 rings (SSSR count). The number of ether oxygens (including phenoxy) is 1. The van der Waals surface area contributed by atoms with E-state index in [0.717, 1.165) is 10.0 Å². The number of rotatable bonds is 5. The van der Waals surface area contributed by atoms with Gasteiger partial charge < -0.3 is 4.74 Å². The van der Waals surface area contributed by atoms with Crippen molar-refractivity contribution in [3.05, 3.63) is 58.6 Å². The van der Waals surface area contributed by atoms with Gasteiger partial charge in [-0.1, -0.05) is 28.1 Å². The van der Waals surface area contributed by atoms with Crippen molar-refractivity contribution in [3.8, 4) is 5.75 Å². The van der Waals surface area contributed by atoms with Crippen LogP contribution in [-0.2, 0) is 16.6 Å². The van der Waals surface area contributed by atoms with Gasteiger partial charge in [-0.3, -0.25) is 0 Å². The fourth-order valence-electron chi connectivity index (χ4n) is 1.86. The topological polar surface area (TPSA) is 46.6 Å². The van der Waals surface area contributed by atoms with Gasteiger partial charge in [0.1, 0.15) is 5.75 Å². The van der Waals surface area contributed by atoms with Crippen molar-refractivity contribution in [2.24, 2.45) is 0 Å². The molecule has 0 heterocycles. The highest BCUT2D eigenvalue weighted by Crippen LogP contribution is 2.20. The lowest BCUT2D eigenvalue weighted by molar-refractivity contribution is 0.414. The third kappa shape index (κ3) is 3.84. The molecule has 6 heteroatoms. The largest absolute Gasteiger partial charge is 0.497 e. The van der Waals surface area contributed by atoms with Gasteiger partial charge in [0, 0.05) is 18.1 Å². The van der Waals surface area contributed by atoms with E-state index in [1.54, 1.807) is 38.4 Å². The molecule has 0 spiro atoms. The van der Waals surface area contributed by atoms with Gasteiger partial charge in [-0.2, -0.15) is 4.31 Å². The minimum Gasteiger partial charge on any atom is -0.497 e. The molecule has 0 amide bonds. The molecule has 112 valence electrons. The average Bonchev–Trinajstić information content (AvgIpc) is 2.49. The Kier molecular flexibility index (Phi) is 5.03. The molecule has 0 saturated heterocycles. The van der Waals surface area contributed by atoms with Crippen LogP contribution in [0.5, 0.6) is 5.75 Å². The van der Waals surface area contributed by atoms with Gasteiger partial charge in [-0.05, 0) is 42.0 Å². The Morgan fingerprint density at radius 3 is 2.14 bits per heavy atom. The van der Waals surface area contributed by atoms with Crippen LogP contribution in [-0.4, -0.2) is 26.9 Å². The maximum absolute atomic E-state index is 12.5. The van der Waals surface area contributed by atoms with Crippen molar-refractivity contribution in [1.82, 2.24) is 4.31 Å². The summed E-state index contributed by atoms with van der Waals surface area (Å²) in [6, 6.07) is 13.9. The van der Waals surface area contributed by atoms with Crippen LogP contribution < -0.4 is 4.74 Å². The van der Waals surface area contributed by atoms with Crippen LogP contribution in [0.2, 0.25) is 0 Å². The van der Waals surface area contributed by atoms with Crippen molar-refractivity contribution in [2.75, 3.05) is 14.2 Å². The van der Waals surface area contributed by atoms with Crippen molar-refractivity contribution in [3.63, 3.8) is 0 Å². The molecule has 0 fully saturated rings. The summed E-state index contributed by atoms with van der Waals surface area (Å²) in [6.45, 7) is 0.321. The second-order valence-corrected chi connectivity index (χ2v) is 7.52. The van der Waals surface area contributed by atoms with Gasteiger partial charge in [0.05, 0.1) is 12.0 Å². The molecule has 0 N–H and O–H groups in total. The molecule has 0 unspecified atom stereocenters. The molecule has 21 heavy (non-hydrogen) atoms. The molecule has 4 nitrogen and oxygen atoms in total. The lowest BCUT2D eigenvalue weighted by atomic mass is 10.2. The summed E-state index contributed by atoms with van der Waals surface area (Å²) in [5, 5.41) is 0. The summed E-state index contributed by atoms with van der Waals surface area (Å²) in [5.74, 6) is 0.629. The first-order chi connectivity index (χ1) is 9.93. The second-order valence-electron chi connectivity index (χ2n) is 4.56. The number of benzene rings is 2. The minimum absolute atomic E-state index is 0.253. The summed E-state index contributed by atoms with van der Waals surface area (Å²) in [5.41, 5.74) is 0.929. The smallest absolute Gasteiger partial charge is 0.243 e. The fourth-order valence-corrected chi connectivity index (χ4v) is 3.28. The Labute approximate surface area is 133 Å². The van der Waals surface area contributed by atoms with Crippen LogP contribution in [0.4, 0.5) is 0 Å². The van der Waals surface area contributed by atoms with Crippen LogP contribution in [0, 0.1) is 0 Å². The van der Waals surface area contributed by atoms with E-state index >= 15 is 0 Å². The number of halogens is 1. The highest BCUT2D eigenvalue weighted by atomic mass is 79.9. The average molecular weight is 370 g/mol. The van der Waals surface area contributed by atoms with E-state index in [2.05, 4.69) is 15.9 Å². The van der Waals surface area contributed by atoms with Crippen molar-refractivity contribution in [2.45, 2.75) is 11.4 Å². The molecule has 0 aliphatic heterocycles. The van der Waals surface area contributed by atoms with E-state index < -0.39 is 10.0 Å². The molecule has 0 saturated carbocycles. The first-order valence-corrected chi connectivity index (χ1v) is 8.51. The molecule has 0 bridgehead atoms. The Morgan fingerprint density at radius 2 is 1.62 bits per heavy atom. The van der Waals surface area contributed by atoms with E-state index in [-0.39, 0.29) is 4.90 Å². The quantitative estimate of drug-likeness (QED) is 0.812. The Balaban J connectivity index is 2.19. The van der Waals surface area contributed by atoms with Gasteiger partial charge >= 0.3 is 0 Å². The highest BCUT2D eigenvalue weighted by molar-refractivity contribution is 9.10. The molecular formula is C15H16BrNO3S. The van der Waals surface area contributed by atoms with Gasteiger partial charge in [0.15, 0.2) is 0 Å². The van der Waals surface area contributed by atoms with E-state index in [4.69, 9.17) is 4.74 Å². The zero-order valence-corrected chi connectivity index (χ0v) is 14.2. The zero-order valence-electron chi connectivity index (χ0n) is 11.8. The predicted molar refractivity (Wildman–Crippen MR) is 85.8 cm³/mol. The van der Waals surface area contributed by atoms with E-state index in [0.29, 0.717) is 12.3 Å². The van der Waals surface area contributed by atoms with Crippen molar-refractivity contribution >= 4 is 26.0 Å². The van der Waals surface area contributed by atoms with Crippen LogP contribution in [0.25, 0.3) is 0 Å². The maximum atomic E-state index is 12.5. The lowest BCUT2D eigenvalue weighted by Gasteiger charge is -2.17. The van der Waals surface area contributed by atoms with Gasteiger partial charge in [0.25, 0.3) is 0 Å². The maximum Gasteiger partial charge on any atom is 0.243 e. The lowest BCUT2D eigenvalue weighted by Crippen LogP contribution is -2.26. The predicted octanol–water partition coefficient (Wildman–Crippen LogP) is 3.28. The molecule has 0 atom stereocenters. The van der Waals surface area contributed by atoms with E-state index in [1.807, 2.05) is 24.3 Å². The third-order valence-electron chi connectivity index (χ3n) is 3.09. The first kappa shape index (κ1) is 16.0. The van der Waals surface area contributed by atoms with Gasteiger partial charge in [-0.15, -0.1) is 0 Å². The van der Waals surface area contributed by atoms with Crippen LogP contribution in [0.15, 0.2) is 57.9 Å². The number of nitrogens with zero attached hydrogens (tertiary/aromatic N) is 1. The summed E-state index contributed by atoms with van der Waals surface area (Å²) in [7, 11) is -0.390. The first-order valence-electron chi connectivity index (χ1n) is 6.28. The van der Waals surface area contributed by atoms with Crippen molar-refractivity contribution in [1.29, 1.82) is 0 Å². The SMILES string of the molecule is COc1ccc(S(=O)(=O)N(C)Cc2ccc(Br)cc2)cc1. The fraction of sp³-hybridized carbons (Fsp3) is 0.200. The summed E-state index contributed by atoms with van der Waals surface area (Å²) in [4.78, 5) is 0.253. The summed E-state index contributed by atoms with van der Waals surface area (Å²) < 4.78 is 32.3. The molecule has 2 aromatic rings. The molecule has 0 aliphatic carbocycles. The van der Waals surface area contributed by atoms with E-state index in [9.17, 15) is 8.42 Å². The number of sulfonamides is 1. The minimum atomic E-state index is -3.51. The Bertz CT molecular complexity index is 697. The van der Waals surface area contributed by atoms with Gasteiger partial charge in [0.2, 0.25) is 10.0 Å². The molecule has 0 aliphatic rings. The number of hydrogen-bond donors (Lipinski definition) is 0. The highest BCUT2D eigenvalue weighted by Gasteiger charge is 2.20. The van der Waals surface area contributed by atoms with Gasteiger partial charge in [-0.25, -0.2) is 8.42 Å². The summed E-state index contributed by atoms with van der Waals surface area (Å²) in [6.07, 6.45) is 0. The number of methoxy groups -OCH3 is 1. The second kappa shape index (κ2) is 6.60. The zero-order chi connectivity index (χ0) is 15.5. The van der Waals surface area contributed by atoms with Crippen molar-refractivity contribution < 1.29 is 13.2 Å². The molecule has 0 radical (unpaired) electrons. The standard InChI is InChI=1S/C15H16BrNO3S/c1-17(11-12-3-5-13(16)6-4-12)21(18,19)15-9-7-14(20-2)8-10-15/h3-10H,11H2,1-2H3. The Morgan fingerprint density at radius 1 is 1.05 bits per heavy atom. The molecule has 0 aromatic heterocycles. The van der Waals surface area contributed by atoms with E-state index in [1.165, 1.54) is 4.31 Å². The number of hydrogen-bond acceptors (Lipinski definition) is 3. The monoisotopic (exact) mass is 369 g/mol. The molecular weight excluding hydrogens is 354 g/mol. The van der Waals surface area contributed by atoms with Crippen LogP contribution >= 0.6 is 15.9 Å². The van der Waals surface area contributed by atoms with Crippen LogP contribution in [0.3, 0.4) is 0 Å². The Hall–Kier alpha value is -1.37. The third-order valence-corrected chi connectivity index (χ3v) is 5.43. The van der Waals surface area contributed by atoms with Crippen LogP contribution in [0.1, 0.15) is 5.56 Å². The normalized spacial score (nSPS) is 11.6. The molecule has 2 aromatic carbocycles. The summed E-state index contributed by atoms with van der Waals surface area (Å²) >= 11 is 3.36.